The predicted octanol–water partition coefficient (Wildman–Crippen LogP) is 9.96. The highest BCUT2D eigenvalue weighted by molar-refractivity contribution is 6.02. The molecule has 5 aromatic carbocycles. The van der Waals surface area contributed by atoms with E-state index in [2.05, 4.69) is 64.6 Å². The molecule has 0 amide bonds. The average Bonchev–Trinajstić information content (AvgIpc) is 3.56. The highest BCUT2D eigenvalue weighted by Gasteiger charge is 2.16. The number of hydrogen-bond donors (Lipinski definition) is 0. The van der Waals surface area contributed by atoms with Crippen molar-refractivity contribution in [1.29, 1.82) is 0 Å². The van der Waals surface area contributed by atoms with Gasteiger partial charge in [-0.1, -0.05) is 140 Å². The van der Waals surface area contributed by atoms with Crippen LogP contribution in [0.1, 0.15) is 0 Å². The number of pyridine rings is 1. The Bertz CT molecular complexity index is 2570. The molecular formula is C42H26N6O. The van der Waals surface area contributed by atoms with Crippen LogP contribution in [0.15, 0.2) is 162 Å². The van der Waals surface area contributed by atoms with E-state index < -0.39 is 0 Å². The normalized spacial score (nSPS) is 11.3. The van der Waals surface area contributed by atoms with Crippen molar-refractivity contribution >= 4 is 22.2 Å². The van der Waals surface area contributed by atoms with Crippen molar-refractivity contribution < 1.29 is 4.42 Å². The van der Waals surface area contributed by atoms with Crippen molar-refractivity contribution in [3.63, 3.8) is 0 Å². The fourth-order valence-electron chi connectivity index (χ4n) is 5.93. The van der Waals surface area contributed by atoms with Crippen molar-refractivity contribution in [1.82, 2.24) is 29.9 Å². The molecule has 0 saturated carbocycles. The maximum absolute atomic E-state index is 5.98. The highest BCUT2D eigenvalue weighted by Crippen LogP contribution is 2.32. The molecule has 7 nitrogen and oxygen atoms in total. The van der Waals surface area contributed by atoms with Crippen LogP contribution in [0, 0.1) is 0 Å². The number of aromatic nitrogens is 6. The van der Waals surface area contributed by atoms with Gasteiger partial charge in [-0.05, 0) is 22.8 Å². The van der Waals surface area contributed by atoms with E-state index in [0.29, 0.717) is 34.6 Å². The van der Waals surface area contributed by atoms with Crippen LogP contribution in [0.5, 0.6) is 0 Å². The quantitative estimate of drug-likeness (QED) is 0.181. The third kappa shape index (κ3) is 5.49. The van der Waals surface area contributed by atoms with Gasteiger partial charge in [-0.15, -0.1) is 0 Å². The number of fused-ring (bicyclic) bond motifs is 3. The Balaban J connectivity index is 1.08. The van der Waals surface area contributed by atoms with E-state index in [-0.39, 0.29) is 0 Å². The lowest BCUT2D eigenvalue weighted by atomic mass is 10.0. The van der Waals surface area contributed by atoms with Crippen LogP contribution >= 0.6 is 0 Å². The van der Waals surface area contributed by atoms with E-state index in [1.54, 1.807) is 6.20 Å². The molecule has 49 heavy (non-hydrogen) atoms. The van der Waals surface area contributed by atoms with Gasteiger partial charge in [0.1, 0.15) is 5.52 Å². The van der Waals surface area contributed by atoms with Gasteiger partial charge in [-0.3, -0.25) is 0 Å². The third-order valence-corrected chi connectivity index (χ3v) is 8.49. The highest BCUT2D eigenvalue weighted by atomic mass is 16.3. The van der Waals surface area contributed by atoms with Crippen molar-refractivity contribution in [2.45, 2.75) is 0 Å². The minimum absolute atomic E-state index is 0.533. The summed E-state index contributed by atoms with van der Waals surface area (Å²) in [5.41, 5.74) is 9.78. The van der Waals surface area contributed by atoms with E-state index in [0.717, 1.165) is 55.4 Å². The molecule has 230 valence electrons. The maximum atomic E-state index is 5.98. The number of nitrogens with zero attached hydrogens (tertiary/aromatic N) is 6. The molecule has 0 aliphatic heterocycles. The van der Waals surface area contributed by atoms with Crippen LogP contribution in [0.4, 0.5) is 0 Å². The monoisotopic (exact) mass is 630 g/mol. The van der Waals surface area contributed by atoms with Crippen LogP contribution in [0.2, 0.25) is 0 Å². The van der Waals surface area contributed by atoms with Crippen LogP contribution in [0.3, 0.4) is 0 Å². The Labute approximate surface area is 281 Å². The van der Waals surface area contributed by atoms with Crippen molar-refractivity contribution in [2.75, 3.05) is 0 Å². The molecule has 0 unspecified atom stereocenters. The van der Waals surface area contributed by atoms with E-state index >= 15 is 0 Å². The lowest BCUT2D eigenvalue weighted by Gasteiger charge is -2.09. The largest absolute Gasteiger partial charge is 0.434 e. The molecule has 0 spiro atoms. The van der Waals surface area contributed by atoms with Crippen LogP contribution < -0.4 is 0 Å². The van der Waals surface area contributed by atoms with Gasteiger partial charge in [0.05, 0.1) is 11.6 Å². The second-order valence-electron chi connectivity index (χ2n) is 11.6. The van der Waals surface area contributed by atoms with Crippen molar-refractivity contribution in [3.8, 4) is 67.8 Å². The first-order valence-corrected chi connectivity index (χ1v) is 15.9. The summed E-state index contributed by atoms with van der Waals surface area (Å²) in [6, 6.07) is 48.8. The fourth-order valence-corrected chi connectivity index (χ4v) is 5.93. The lowest BCUT2D eigenvalue weighted by Crippen LogP contribution is -2.00. The van der Waals surface area contributed by atoms with Gasteiger partial charge in [0.15, 0.2) is 28.9 Å². The molecule has 0 atom stereocenters. The Morgan fingerprint density at radius 2 is 0.776 bits per heavy atom. The zero-order chi connectivity index (χ0) is 32.6. The van der Waals surface area contributed by atoms with E-state index in [1.165, 1.54) is 0 Å². The van der Waals surface area contributed by atoms with E-state index in [9.17, 15) is 0 Å². The standard InChI is InChI=1S/C42H26N6O/c1-4-10-27(11-5-1)29-16-18-32(19-17-29)40-46-39(30-14-8-3-9-15-30)47-41(48-40)33-22-20-31(21-23-33)38-43-26-36-37(45-38)35-24-34(25-44-42(35)49-36)28-12-6-2-7-13-28/h1-26H. The van der Waals surface area contributed by atoms with Crippen LogP contribution in [-0.4, -0.2) is 29.9 Å². The summed E-state index contributed by atoms with van der Waals surface area (Å²) in [6.07, 6.45) is 3.53. The molecule has 4 heterocycles. The molecule has 0 N–H and O–H groups in total. The SMILES string of the molecule is c1ccc(-c2ccc(-c3nc(-c4ccccc4)nc(-c4ccc(-c5ncc6oc7ncc(-c8ccccc8)cc7c6n5)cc4)n3)cc2)cc1. The predicted molar refractivity (Wildman–Crippen MR) is 193 cm³/mol. The fraction of sp³-hybridized carbons (Fsp3) is 0. The smallest absolute Gasteiger partial charge is 0.229 e. The van der Waals surface area contributed by atoms with Crippen molar-refractivity contribution in [2.24, 2.45) is 0 Å². The third-order valence-electron chi connectivity index (χ3n) is 8.49. The molecule has 0 aliphatic carbocycles. The summed E-state index contributed by atoms with van der Waals surface area (Å²) in [5, 5.41) is 0.847. The molecule has 0 saturated heterocycles. The summed E-state index contributed by atoms with van der Waals surface area (Å²) in [7, 11) is 0. The Kier molecular flexibility index (Phi) is 6.98. The number of furan rings is 1. The van der Waals surface area contributed by atoms with Gasteiger partial charge in [0.2, 0.25) is 5.71 Å². The van der Waals surface area contributed by atoms with Gasteiger partial charge in [0, 0.05) is 34.0 Å². The summed E-state index contributed by atoms with van der Waals surface area (Å²) in [4.78, 5) is 28.8. The Morgan fingerprint density at radius 1 is 0.347 bits per heavy atom. The van der Waals surface area contributed by atoms with E-state index in [1.807, 2.05) is 97.2 Å². The van der Waals surface area contributed by atoms with Gasteiger partial charge in [0.25, 0.3) is 0 Å². The van der Waals surface area contributed by atoms with Gasteiger partial charge < -0.3 is 4.42 Å². The number of benzene rings is 5. The second-order valence-corrected chi connectivity index (χ2v) is 11.6. The number of rotatable bonds is 6. The molecule has 9 aromatic rings. The van der Waals surface area contributed by atoms with Crippen LogP contribution in [0.25, 0.3) is 90.0 Å². The first kappa shape index (κ1) is 28.4. The lowest BCUT2D eigenvalue weighted by molar-refractivity contribution is 0.651. The molecule has 0 aliphatic rings. The molecule has 0 radical (unpaired) electrons. The Morgan fingerprint density at radius 3 is 1.33 bits per heavy atom. The number of hydrogen-bond acceptors (Lipinski definition) is 7. The molecule has 0 bridgehead atoms. The minimum Gasteiger partial charge on any atom is -0.434 e. The van der Waals surface area contributed by atoms with E-state index in [4.69, 9.17) is 24.4 Å². The second kappa shape index (κ2) is 12.1. The molecule has 0 fully saturated rings. The van der Waals surface area contributed by atoms with Gasteiger partial charge in [-0.2, -0.15) is 0 Å². The summed E-state index contributed by atoms with van der Waals surface area (Å²) in [6.45, 7) is 0. The average molecular weight is 631 g/mol. The summed E-state index contributed by atoms with van der Waals surface area (Å²) >= 11 is 0. The van der Waals surface area contributed by atoms with Crippen LogP contribution in [-0.2, 0) is 0 Å². The first-order valence-electron chi connectivity index (χ1n) is 15.9. The zero-order valence-electron chi connectivity index (χ0n) is 26.1. The first-order chi connectivity index (χ1) is 24.2. The molecule has 7 heteroatoms. The molecular weight excluding hydrogens is 605 g/mol. The zero-order valence-corrected chi connectivity index (χ0v) is 26.1. The van der Waals surface area contributed by atoms with Gasteiger partial charge >= 0.3 is 0 Å². The topological polar surface area (TPSA) is 90.5 Å². The molecule has 4 aromatic heterocycles. The van der Waals surface area contributed by atoms with Gasteiger partial charge in [-0.25, -0.2) is 29.9 Å². The van der Waals surface area contributed by atoms with Crippen molar-refractivity contribution in [3.05, 3.63) is 158 Å². The Hall–Kier alpha value is -6.86. The summed E-state index contributed by atoms with van der Waals surface area (Å²) < 4.78 is 5.98. The summed E-state index contributed by atoms with van der Waals surface area (Å²) in [5.74, 6) is 2.39. The maximum Gasteiger partial charge on any atom is 0.229 e. The minimum atomic E-state index is 0.533. The molecule has 9 rings (SSSR count).